The van der Waals surface area contributed by atoms with Crippen molar-refractivity contribution in [2.75, 3.05) is 11.1 Å². The zero-order valence-corrected chi connectivity index (χ0v) is 20.5. The van der Waals surface area contributed by atoms with E-state index in [4.69, 9.17) is 5.41 Å². The van der Waals surface area contributed by atoms with Gasteiger partial charge in [-0.2, -0.15) is 10.6 Å². The molecule has 1 aliphatic carbocycles. The molecule has 2 aliphatic rings. The Kier molecular flexibility index (Phi) is 5.16. The molecule has 0 amide bonds. The van der Waals surface area contributed by atoms with Crippen molar-refractivity contribution in [2.24, 2.45) is 5.92 Å². The van der Waals surface area contributed by atoms with Gasteiger partial charge in [0.25, 0.3) is 0 Å². The number of nitrogens with one attached hydrogen (secondary N) is 3. The van der Waals surface area contributed by atoms with Crippen LogP contribution in [0.25, 0.3) is 10.9 Å². The fourth-order valence-corrected chi connectivity index (χ4v) is 7.41. The SMILES string of the molecule is C[C@@]1(c2cc(Nc3nccc4cc(Br)cnc34)ncc2F)CS(O)(O)[C@@](C)(C2CC2)C(=N)N1. The topological polar surface area (TPSA) is 127 Å². The third-order valence-corrected chi connectivity index (χ3v) is 9.99. The van der Waals surface area contributed by atoms with Crippen molar-refractivity contribution in [2.45, 2.75) is 37.0 Å². The second-order valence-electron chi connectivity index (χ2n) is 9.08. The van der Waals surface area contributed by atoms with Crippen molar-refractivity contribution in [3.05, 3.63) is 52.6 Å². The highest BCUT2D eigenvalue weighted by Gasteiger charge is 2.59. The summed E-state index contributed by atoms with van der Waals surface area (Å²) in [7, 11) is -3.21. The minimum absolute atomic E-state index is 0.0370. The molecule has 2 atom stereocenters. The van der Waals surface area contributed by atoms with Gasteiger partial charge in [0.1, 0.15) is 27.7 Å². The zero-order valence-electron chi connectivity index (χ0n) is 18.1. The fraction of sp³-hybridized carbons (Fsp3) is 0.364. The van der Waals surface area contributed by atoms with Crippen LogP contribution in [0.2, 0.25) is 0 Å². The van der Waals surface area contributed by atoms with Gasteiger partial charge in [0, 0.05) is 27.8 Å². The average molecular weight is 535 g/mol. The van der Waals surface area contributed by atoms with E-state index in [1.807, 2.05) is 12.1 Å². The van der Waals surface area contributed by atoms with Gasteiger partial charge in [-0.05, 0) is 66.7 Å². The quantitative estimate of drug-likeness (QED) is 0.303. The summed E-state index contributed by atoms with van der Waals surface area (Å²) in [5.41, 5.74) is -0.367. The highest BCUT2D eigenvalue weighted by molar-refractivity contribution is 9.10. The Balaban J connectivity index is 1.50. The molecule has 11 heteroatoms. The molecule has 3 aromatic heterocycles. The molecule has 8 nitrogen and oxygen atoms in total. The third-order valence-electron chi connectivity index (χ3n) is 6.68. The normalized spacial score (nSPS) is 27.8. The second kappa shape index (κ2) is 7.59. The molecule has 5 N–H and O–H groups in total. The second-order valence-corrected chi connectivity index (χ2v) is 12.5. The molecule has 3 aromatic rings. The van der Waals surface area contributed by atoms with Crippen molar-refractivity contribution in [3.63, 3.8) is 0 Å². The standard InChI is InChI=1S/C22H24BrFN6O2S/c1-21(11-33(31,32)22(2,13-3-4-13)20(25)30-21)15-8-17(27-10-16(15)24)29-19-18-12(5-6-26-19)7-14(23)9-28-18/h5-10,13,31-32H,3-4,11H2,1-2H3,(H2,25,30)(H,26,27,29)/t21-,22-/m0/s1. The average Bonchev–Trinajstić information content (AvgIpc) is 3.58. The summed E-state index contributed by atoms with van der Waals surface area (Å²) in [6, 6.07) is 5.27. The molecule has 1 saturated carbocycles. The summed E-state index contributed by atoms with van der Waals surface area (Å²) in [5.74, 6) is 0.188. The first-order chi connectivity index (χ1) is 15.5. The van der Waals surface area contributed by atoms with Crippen LogP contribution >= 0.6 is 26.5 Å². The predicted octanol–water partition coefficient (Wildman–Crippen LogP) is 5.38. The van der Waals surface area contributed by atoms with Crippen molar-refractivity contribution in [3.8, 4) is 0 Å². The monoisotopic (exact) mass is 534 g/mol. The smallest absolute Gasteiger partial charge is 0.158 e. The van der Waals surface area contributed by atoms with E-state index >= 15 is 0 Å². The van der Waals surface area contributed by atoms with Gasteiger partial charge in [0.15, 0.2) is 5.82 Å². The highest BCUT2D eigenvalue weighted by atomic mass is 79.9. The molecule has 1 saturated heterocycles. The number of fused-ring (bicyclic) bond motifs is 1. The van der Waals surface area contributed by atoms with Gasteiger partial charge in [0.05, 0.1) is 17.5 Å². The van der Waals surface area contributed by atoms with Gasteiger partial charge in [-0.1, -0.05) is 0 Å². The van der Waals surface area contributed by atoms with Gasteiger partial charge in [0.2, 0.25) is 0 Å². The van der Waals surface area contributed by atoms with Crippen molar-refractivity contribution in [1.29, 1.82) is 5.41 Å². The highest BCUT2D eigenvalue weighted by Crippen LogP contribution is 2.66. The minimum atomic E-state index is -3.21. The van der Waals surface area contributed by atoms with Crippen LogP contribution in [0.1, 0.15) is 32.3 Å². The molecular weight excluding hydrogens is 511 g/mol. The van der Waals surface area contributed by atoms with Gasteiger partial charge in [-0.3, -0.25) is 19.5 Å². The van der Waals surface area contributed by atoms with Crippen molar-refractivity contribution < 1.29 is 13.5 Å². The lowest BCUT2D eigenvalue weighted by atomic mass is 9.91. The molecule has 2 fully saturated rings. The van der Waals surface area contributed by atoms with E-state index in [1.54, 1.807) is 26.2 Å². The van der Waals surface area contributed by atoms with Gasteiger partial charge in [-0.15, -0.1) is 0 Å². The van der Waals surface area contributed by atoms with E-state index in [0.717, 1.165) is 28.9 Å². The largest absolute Gasteiger partial charge is 0.361 e. The number of aromatic nitrogens is 3. The Morgan fingerprint density at radius 1 is 1.21 bits per heavy atom. The first-order valence-electron chi connectivity index (χ1n) is 10.5. The summed E-state index contributed by atoms with van der Waals surface area (Å²) in [6.45, 7) is 3.40. The summed E-state index contributed by atoms with van der Waals surface area (Å²) in [6.07, 6.45) is 6.10. The summed E-state index contributed by atoms with van der Waals surface area (Å²) >= 11 is 3.41. The van der Waals surface area contributed by atoms with Crippen LogP contribution in [0.3, 0.4) is 0 Å². The Bertz CT molecular complexity index is 1290. The Morgan fingerprint density at radius 3 is 2.67 bits per heavy atom. The Hall–Kier alpha value is -2.34. The first kappa shape index (κ1) is 22.5. The van der Waals surface area contributed by atoms with Crippen LogP contribution in [0.15, 0.2) is 41.3 Å². The maximum Gasteiger partial charge on any atom is 0.158 e. The lowest BCUT2D eigenvalue weighted by Crippen LogP contribution is -2.63. The lowest BCUT2D eigenvalue weighted by Gasteiger charge is -2.58. The molecule has 1 aliphatic heterocycles. The van der Waals surface area contributed by atoms with Crippen LogP contribution in [0, 0.1) is 17.1 Å². The number of rotatable bonds is 4. The number of hydrogen-bond acceptors (Lipinski definition) is 7. The predicted molar refractivity (Wildman–Crippen MR) is 132 cm³/mol. The molecule has 0 bridgehead atoms. The Morgan fingerprint density at radius 2 is 1.97 bits per heavy atom. The molecule has 33 heavy (non-hydrogen) atoms. The number of halogens is 2. The molecule has 0 radical (unpaired) electrons. The van der Waals surface area contributed by atoms with E-state index in [-0.39, 0.29) is 23.1 Å². The Labute approximate surface area is 200 Å². The molecule has 0 spiro atoms. The molecule has 5 rings (SSSR count). The van der Waals surface area contributed by atoms with Crippen LogP contribution in [0.4, 0.5) is 16.0 Å². The molecular formula is C22H24BrFN6O2S. The molecule has 174 valence electrons. The minimum Gasteiger partial charge on any atom is -0.361 e. The number of nitrogens with zero attached hydrogens (tertiary/aromatic N) is 3. The maximum atomic E-state index is 15.0. The zero-order chi connectivity index (χ0) is 23.6. The number of hydrogen-bond donors (Lipinski definition) is 5. The number of pyridine rings is 3. The summed E-state index contributed by atoms with van der Waals surface area (Å²) < 4.78 is 37.0. The fourth-order valence-electron chi connectivity index (χ4n) is 4.58. The van der Waals surface area contributed by atoms with E-state index in [9.17, 15) is 13.5 Å². The first-order valence-corrected chi connectivity index (χ1v) is 13.0. The van der Waals surface area contributed by atoms with Gasteiger partial charge >= 0.3 is 0 Å². The molecule has 0 unspecified atom stereocenters. The van der Waals surface area contributed by atoms with Crippen molar-refractivity contribution in [1.82, 2.24) is 20.3 Å². The van der Waals surface area contributed by atoms with Crippen LogP contribution in [-0.2, 0) is 5.54 Å². The van der Waals surface area contributed by atoms with Crippen molar-refractivity contribution >= 4 is 54.9 Å². The number of anilines is 2. The van der Waals surface area contributed by atoms with E-state index in [2.05, 4.69) is 41.5 Å². The summed E-state index contributed by atoms with van der Waals surface area (Å²) in [5, 5.41) is 15.7. The van der Waals surface area contributed by atoms with E-state index < -0.39 is 26.7 Å². The molecule has 4 heterocycles. The maximum absolute atomic E-state index is 15.0. The van der Waals surface area contributed by atoms with Crippen LogP contribution < -0.4 is 10.6 Å². The van der Waals surface area contributed by atoms with E-state index in [1.165, 1.54) is 6.07 Å². The van der Waals surface area contributed by atoms with Crippen LogP contribution in [-0.4, -0.2) is 40.4 Å². The third kappa shape index (κ3) is 3.67. The lowest BCUT2D eigenvalue weighted by molar-refractivity contribution is 0.367. The van der Waals surface area contributed by atoms with Gasteiger partial charge in [-0.25, -0.2) is 14.4 Å². The van der Waals surface area contributed by atoms with Gasteiger partial charge < -0.3 is 10.6 Å². The van der Waals surface area contributed by atoms with E-state index in [0.29, 0.717) is 17.2 Å². The summed E-state index contributed by atoms with van der Waals surface area (Å²) in [4.78, 5) is 12.9. The molecule has 0 aromatic carbocycles. The van der Waals surface area contributed by atoms with Crippen LogP contribution in [0.5, 0.6) is 0 Å². The number of amidine groups is 1.